The molecule has 0 radical (unpaired) electrons. The number of unbranched alkanes of at least 4 members (excludes halogenated alkanes) is 2. The third-order valence-corrected chi connectivity index (χ3v) is 3.99. The molecule has 0 aliphatic rings. The van der Waals surface area contributed by atoms with Crippen LogP contribution in [0.1, 0.15) is 64.4 Å². The molecule has 0 heterocycles. The second kappa shape index (κ2) is 11.6. The summed E-state index contributed by atoms with van der Waals surface area (Å²) in [4.78, 5) is 23.2. The number of hydrogen-bond acceptors (Lipinski definition) is 4. The number of benzene rings is 1. The minimum absolute atomic E-state index is 0.0598. The van der Waals surface area contributed by atoms with Gasteiger partial charge in [0.25, 0.3) is 0 Å². The summed E-state index contributed by atoms with van der Waals surface area (Å²) in [6.45, 7) is 2.72. The van der Waals surface area contributed by atoms with Gasteiger partial charge in [-0.2, -0.15) is 0 Å². The molecule has 0 aliphatic carbocycles. The summed E-state index contributed by atoms with van der Waals surface area (Å²) in [5.41, 5.74) is -1.23. The van der Waals surface area contributed by atoms with Crippen LogP contribution in [0, 0.1) is 29.1 Å². The van der Waals surface area contributed by atoms with Gasteiger partial charge in [0.15, 0.2) is 23.3 Å². The van der Waals surface area contributed by atoms with Crippen LogP contribution in [0.3, 0.4) is 0 Å². The minimum Gasteiger partial charge on any atom is -0.463 e. The number of halogens is 5. The Hall–Kier alpha value is -2.19. The largest absolute Gasteiger partial charge is 0.463 e. The fourth-order valence-electron chi connectivity index (χ4n) is 2.40. The fourth-order valence-corrected chi connectivity index (χ4v) is 2.40. The third-order valence-electron chi connectivity index (χ3n) is 3.99. The summed E-state index contributed by atoms with van der Waals surface area (Å²) in [5, 5.41) is 0. The first-order chi connectivity index (χ1) is 13.2. The Morgan fingerprint density at radius 1 is 0.821 bits per heavy atom. The van der Waals surface area contributed by atoms with Crippen LogP contribution < -0.4 is 0 Å². The number of hydrogen-bond donors (Lipinski definition) is 0. The van der Waals surface area contributed by atoms with Gasteiger partial charge in [0.05, 0.1) is 11.7 Å². The van der Waals surface area contributed by atoms with Crippen molar-refractivity contribution < 1.29 is 41.0 Å². The lowest BCUT2D eigenvalue weighted by Gasteiger charge is -2.13. The van der Waals surface area contributed by atoms with E-state index < -0.39 is 53.2 Å². The first kappa shape index (κ1) is 23.8. The van der Waals surface area contributed by atoms with Crippen molar-refractivity contribution in [2.45, 2.75) is 71.5 Å². The molecular formula is C19H23F5O4. The number of esters is 2. The second-order valence-corrected chi connectivity index (χ2v) is 6.36. The monoisotopic (exact) mass is 410 g/mol. The molecule has 0 aromatic heterocycles. The van der Waals surface area contributed by atoms with Crippen molar-refractivity contribution >= 4 is 11.9 Å². The van der Waals surface area contributed by atoms with Gasteiger partial charge in [-0.25, -0.2) is 22.0 Å². The Bertz CT molecular complexity index is 664. The first-order valence-electron chi connectivity index (χ1n) is 9.04. The Kier molecular flexibility index (Phi) is 9.89. The lowest BCUT2D eigenvalue weighted by molar-refractivity contribution is -0.149. The third kappa shape index (κ3) is 7.09. The molecule has 0 saturated heterocycles. The van der Waals surface area contributed by atoms with Crippen molar-refractivity contribution in [3.63, 3.8) is 0 Å². The van der Waals surface area contributed by atoms with Crippen molar-refractivity contribution in [1.82, 2.24) is 0 Å². The molecule has 0 aliphatic heterocycles. The van der Waals surface area contributed by atoms with E-state index in [0.29, 0.717) is 0 Å². The van der Waals surface area contributed by atoms with Gasteiger partial charge in [0, 0.05) is 12.8 Å². The molecule has 0 saturated carbocycles. The van der Waals surface area contributed by atoms with Crippen LogP contribution in [0.5, 0.6) is 0 Å². The number of carbonyl (C=O) groups is 2. The van der Waals surface area contributed by atoms with E-state index in [1.165, 1.54) is 0 Å². The van der Waals surface area contributed by atoms with Crippen molar-refractivity contribution in [3.05, 3.63) is 34.6 Å². The van der Waals surface area contributed by atoms with Gasteiger partial charge < -0.3 is 9.47 Å². The van der Waals surface area contributed by atoms with Gasteiger partial charge in [-0.1, -0.05) is 19.8 Å². The highest BCUT2D eigenvalue weighted by Gasteiger charge is 2.26. The number of ether oxygens (including phenoxy) is 2. The Morgan fingerprint density at radius 3 is 1.93 bits per heavy atom. The molecule has 0 spiro atoms. The first-order valence-corrected chi connectivity index (χ1v) is 9.04. The van der Waals surface area contributed by atoms with Crippen LogP contribution in [-0.2, 0) is 25.7 Å². The van der Waals surface area contributed by atoms with E-state index in [-0.39, 0.29) is 25.4 Å². The summed E-state index contributed by atoms with van der Waals surface area (Å²) < 4.78 is 75.7. The van der Waals surface area contributed by atoms with Crippen molar-refractivity contribution in [2.75, 3.05) is 0 Å². The van der Waals surface area contributed by atoms with Crippen LogP contribution in [0.25, 0.3) is 0 Å². The zero-order chi connectivity index (χ0) is 21.3. The predicted molar refractivity (Wildman–Crippen MR) is 89.6 cm³/mol. The van der Waals surface area contributed by atoms with E-state index in [9.17, 15) is 31.5 Å². The highest BCUT2D eigenvalue weighted by atomic mass is 19.2. The normalized spacial score (nSPS) is 12.0. The number of rotatable bonds is 11. The molecular weight excluding hydrogens is 387 g/mol. The van der Waals surface area contributed by atoms with Gasteiger partial charge in [-0.05, 0) is 26.2 Å². The van der Waals surface area contributed by atoms with Crippen LogP contribution in [0.15, 0.2) is 0 Å². The van der Waals surface area contributed by atoms with E-state index in [4.69, 9.17) is 4.74 Å². The minimum atomic E-state index is -2.28. The number of carbonyl (C=O) groups excluding carboxylic acids is 2. The van der Waals surface area contributed by atoms with E-state index in [1.54, 1.807) is 6.92 Å². The average molecular weight is 410 g/mol. The van der Waals surface area contributed by atoms with Gasteiger partial charge in [0.1, 0.15) is 6.61 Å². The standard InChI is InChI=1S/C19H23F5O4/c1-3-4-5-7-11(2)28-14(26)9-6-8-13(25)27-10-12-15(20)17(22)19(24)18(23)16(12)21/h11H,3-10H2,1-2H3. The van der Waals surface area contributed by atoms with E-state index >= 15 is 0 Å². The van der Waals surface area contributed by atoms with Crippen LogP contribution in [-0.4, -0.2) is 18.0 Å². The van der Waals surface area contributed by atoms with Crippen LogP contribution in [0.2, 0.25) is 0 Å². The van der Waals surface area contributed by atoms with Crippen LogP contribution in [0.4, 0.5) is 22.0 Å². The summed E-state index contributed by atoms with van der Waals surface area (Å²) in [5.74, 6) is -12.0. The zero-order valence-corrected chi connectivity index (χ0v) is 15.8. The van der Waals surface area contributed by atoms with Gasteiger partial charge in [-0.15, -0.1) is 0 Å². The average Bonchev–Trinajstić information content (AvgIpc) is 2.65. The maximum atomic E-state index is 13.5. The van der Waals surface area contributed by atoms with E-state index in [2.05, 4.69) is 11.7 Å². The highest BCUT2D eigenvalue weighted by Crippen LogP contribution is 2.23. The lowest BCUT2D eigenvalue weighted by atomic mass is 10.1. The van der Waals surface area contributed by atoms with Gasteiger partial charge in [0.2, 0.25) is 5.82 Å². The Morgan fingerprint density at radius 2 is 1.36 bits per heavy atom. The van der Waals surface area contributed by atoms with E-state index in [1.807, 2.05) is 0 Å². The molecule has 0 bridgehead atoms. The molecule has 1 rings (SSSR count). The zero-order valence-electron chi connectivity index (χ0n) is 15.8. The van der Waals surface area contributed by atoms with Gasteiger partial charge in [-0.3, -0.25) is 9.59 Å². The molecule has 0 amide bonds. The van der Waals surface area contributed by atoms with Crippen LogP contribution >= 0.6 is 0 Å². The predicted octanol–water partition coefficient (Wildman–Crippen LogP) is 5.11. The molecule has 1 aromatic carbocycles. The van der Waals surface area contributed by atoms with Gasteiger partial charge >= 0.3 is 11.9 Å². The second-order valence-electron chi connectivity index (χ2n) is 6.36. The summed E-state index contributed by atoms with van der Waals surface area (Å²) in [6, 6.07) is 0. The molecule has 1 atom stereocenters. The molecule has 28 heavy (non-hydrogen) atoms. The summed E-state index contributed by atoms with van der Waals surface area (Å²) >= 11 is 0. The molecule has 1 unspecified atom stereocenters. The smallest absolute Gasteiger partial charge is 0.306 e. The molecule has 0 N–H and O–H groups in total. The topological polar surface area (TPSA) is 52.6 Å². The maximum absolute atomic E-state index is 13.5. The quantitative estimate of drug-likeness (QED) is 0.167. The molecule has 158 valence electrons. The highest BCUT2D eigenvalue weighted by molar-refractivity contribution is 5.72. The lowest BCUT2D eigenvalue weighted by Crippen LogP contribution is -2.15. The summed E-state index contributed by atoms with van der Waals surface area (Å²) in [7, 11) is 0. The molecule has 9 heteroatoms. The molecule has 0 fully saturated rings. The Labute approximate surface area is 160 Å². The van der Waals surface area contributed by atoms with Crippen molar-refractivity contribution in [2.24, 2.45) is 0 Å². The van der Waals surface area contributed by atoms with Crippen molar-refractivity contribution in [3.8, 4) is 0 Å². The molecule has 1 aromatic rings. The fraction of sp³-hybridized carbons (Fsp3) is 0.579. The molecule has 4 nitrogen and oxygen atoms in total. The Balaban J connectivity index is 2.40. The van der Waals surface area contributed by atoms with E-state index in [0.717, 1.165) is 25.7 Å². The maximum Gasteiger partial charge on any atom is 0.306 e. The SMILES string of the molecule is CCCCCC(C)OC(=O)CCCC(=O)OCc1c(F)c(F)c(F)c(F)c1F. The summed E-state index contributed by atoms with van der Waals surface area (Å²) in [6.07, 6.45) is 3.27. The van der Waals surface area contributed by atoms with Crippen molar-refractivity contribution in [1.29, 1.82) is 0 Å².